The fraction of sp³-hybridized carbons (Fsp3) is 0.435. The highest BCUT2D eigenvalue weighted by Gasteiger charge is 2.31. The predicted molar refractivity (Wildman–Crippen MR) is 126 cm³/mol. The summed E-state index contributed by atoms with van der Waals surface area (Å²) in [6, 6.07) is 6.24. The number of carbonyl (C=O) groups is 3. The van der Waals surface area contributed by atoms with Crippen LogP contribution in [0.1, 0.15) is 47.5 Å². The van der Waals surface area contributed by atoms with Gasteiger partial charge in [0.2, 0.25) is 5.91 Å². The number of fused-ring (bicyclic) bond motifs is 1. The second kappa shape index (κ2) is 12.0. The molecule has 0 saturated heterocycles. The van der Waals surface area contributed by atoms with Gasteiger partial charge in [-0.2, -0.15) is 0 Å². The van der Waals surface area contributed by atoms with E-state index >= 15 is 0 Å². The zero-order valence-corrected chi connectivity index (χ0v) is 20.3. The van der Waals surface area contributed by atoms with Gasteiger partial charge in [-0.15, -0.1) is 23.1 Å². The number of hydrogen-bond acceptors (Lipinski definition) is 7. The topological polar surface area (TPSA) is 84.9 Å². The number of carbonyl (C=O) groups excluding carboxylic acids is 3. The first-order valence-corrected chi connectivity index (χ1v) is 12.6. The van der Waals surface area contributed by atoms with Crippen LogP contribution in [0.3, 0.4) is 0 Å². The average molecular weight is 495 g/mol. The van der Waals surface area contributed by atoms with Crippen LogP contribution in [0.4, 0.5) is 14.2 Å². The number of halogens is 1. The number of nitrogens with zero attached hydrogens (tertiary/aromatic N) is 1. The standard InChI is InChI=1S/C23H27FN2O5S2/c1-3-30-22(28)20-17-11-12-26(23(29)31-4-2)14-18(17)33-21(20)25-19(27)6-5-13-32-16-9-7-15(24)8-10-16/h7-10H,3-6,11-14H2,1-2H3,(H,25,27). The van der Waals surface area contributed by atoms with Gasteiger partial charge in [0.05, 0.1) is 25.3 Å². The average Bonchev–Trinajstić information content (AvgIpc) is 3.15. The maximum absolute atomic E-state index is 13.0. The number of amides is 2. The molecule has 33 heavy (non-hydrogen) atoms. The Labute approximate surface area is 200 Å². The highest BCUT2D eigenvalue weighted by molar-refractivity contribution is 7.99. The Morgan fingerprint density at radius 2 is 1.88 bits per heavy atom. The number of esters is 1. The van der Waals surface area contributed by atoms with Crippen molar-refractivity contribution in [3.8, 4) is 0 Å². The van der Waals surface area contributed by atoms with Crippen LogP contribution in [0, 0.1) is 5.82 Å². The van der Waals surface area contributed by atoms with E-state index in [0.717, 1.165) is 15.3 Å². The number of thioether (sulfide) groups is 1. The molecule has 2 amide bonds. The molecule has 2 aromatic rings. The van der Waals surface area contributed by atoms with E-state index in [1.807, 2.05) is 0 Å². The molecule has 2 heterocycles. The predicted octanol–water partition coefficient (Wildman–Crippen LogP) is 5.09. The first-order chi connectivity index (χ1) is 15.9. The van der Waals surface area contributed by atoms with Crippen LogP contribution in [0.25, 0.3) is 0 Å². The van der Waals surface area contributed by atoms with Crippen LogP contribution < -0.4 is 5.32 Å². The van der Waals surface area contributed by atoms with Gasteiger partial charge in [0.1, 0.15) is 10.8 Å². The number of ether oxygens (including phenoxy) is 2. The van der Waals surface area contributed by atoms with Crippen molar-refractivity contribution in [2.75, 3.05) is 30.8 Å². The third-order valence-electron chi connectivity index (χ3n) is 4.95. The van der Waals surface area contributed by atoms with E-state index in [1.54, 1.807) is 42.6 Å². The Morgan fingerprint density at radius 3 is 2.58 bits per heavy atom. The minimum atomic E-state index is -0.471. The van der Waals surface area contributed by atoms with E-state index < -0.39 is 12.1 Å². The maximum Gasteiger partial charge on any atom is 0.410 e. The van der Waals surface area contributed by atoms with Gasteiger partial charge in [0.25, 0.3) is 0 Å². The minimum Gasteiger partial charge on any atom is -0.462 e. The number of hydrogen-bond donors (Lipinski definition) is 1. The first kappa shape index (κ1) is 25.0. The molecule has 0 saturated carbocycles. The Bertz CT molecular complexity index is 993. The summed E-state index contributed by atoms with van der Waals surface area (Å²) in [5.74, 6) is -0.234. The van der Waals surface area contributed by atoms with E-state index in [9.17, 15) is 18.8 Å². The fourth-order valence-electron chi connectivity index (χ4n) is 3.42. The van der Waals surface area contributed by atoms with Crippen LogP contribution in [0.15, 0.2) is 29.2 Å². The molecule has 0 unspecified atom stereocenters. The fourth-order valence-corrected chi connectivity index (χ4v) is 5.54. The van der Waals surface area contributed by atoms with Gasteiger partial charge >= 0.3 is 12.1 Å². The highest BCUT2D eigenvalue weighted by Crippen LogP contribution is 2.38. The van der Waals surface area contributed by atoms with Crippen LogP contribution in [-0.2, 0) is 27.2 Å². The molecule has 0 radical (unpaired) electrons. The van der Waals surface area contributed by atoms with Crippen LogP contribution >= 0.6 is 23.1 Å². The molecule has 1 aliphatic heterocycles. The Hall–Kier alpha value is -2.59. The van der Waals surface area contributed by atoms with Gasteiger partial charge in [0, 0.05) is 22.7 Å². The second-order valence-electron chi connectivity index (χ2n) is 7.25. The van der Waals surface area contributed by atoms with Gasteiger partial charge in [-0.1, -0.05) is 0 Å². The minimum absolute atomic E-state index is 0.193. The zero-order chi connectivity index (χ0) is 23.8. The van der Waals surface area contributed by atoms with E-state index in [4.69, 9.17) is 9.47 Å². The summed E-state index contributed by atoms with van der Waals surface area (Å²) in [5, 5.41) is 3.33. The van der Waals surface area contributed by atoms with Crippen molar-refractivity contribution in [2.45, 2.75) is 44.6 Å². The molecule has 0 spiro atoms. The third kappa shape index (κ3) is 6.70. The van der Waals surface area contributed by atoms with Crippen molar-refractivity contribution < 1.29 is 28.2 Å². The third-order valence-corrected chi connectivity index (χ3v) is 7.18. The molecule has 0 fully saturated rings. The molecule has 7 nitrogen and oxygen atoms in total. The quantitative estimate of drug-likeness (QED) is 0.297. The molecular formula is C23H27FN2O5S2. The smallest absolute Gasteiger partial charge is 0.410 e. The maximum atomic E-state index is 13.0. The molecule has 1 aromatic heterocycles. The highest BCUT2D eigenvalue weighted by atomic mass is 32.2. The summed E-state index contributed by atoms with van der Waals surface area (Å²) >= 11 is 2.85. The molecule has 0 atom stereocenters. The van der Waals surface area contributed by atoms with E-state index in [2.05, 4.69) is 5.32 Å². The normalized spacial score (nSPS) is 12.8. The largest absolute Gasteiger partial charge is 0.462 e. The van der Waals surface area contributed by atoms with E-state index in [-0.39, 0.29) is 24.8 Å². The summed E-state index contributed by atoms with van der Waals surface area (Å²) in [7, 11) is 0. The molecule has 1 aromatic carbocycles. The SMILES string of the molecule is CCOC(=O)c1c(NC(=O)CCCSc2ccc(F)cc2)sc2c1CCN(C(=O)OCC)C2. The van der Waals surface area contributed by atoms with Crippen molar-refractivity contribution in [1.82, 2.24) is 4.90 Å². The van der Waals surface area contributed by atoms with Crippen LogP contribution in [-0.4, -0.2) is 48.4 Å². The lowest BCUT2D eigenvalue weighted by Crippen LogP contribution is -2.36. The number of nitrogens with one attached hydrogen (secondary N) is 1. The van der Waals surface area contributed by atoms with Gasteiger partial charge in [-0.3, -0.25) is 4.79 Å². The lowest BCUT2D eigenvalue weighted by Gasteiger charge is -2.26. The zero-order valence-electron chi connectivity index (χ0n) is 18.6. The van der Waals surface area contributed by atoms with Crippen molar-refractivity contribution in [2.24, 2.45) is 0 Å². The molecule has 1 N–H and O–H groups in total. The molecule has 0 bridgehead atoms. The number of thiophene rings is 1. The first-order valence-electron chi connectivity index (χ1n) is 10.8. The molecule has 178 valence electrons. The van der Waals surface area contributed by atoms with E-state index in [1.165, 1.54) is 23.5 Å². The van der Waals surface area contributed by atoms with Gasteiger partial charge in [-0.05, 0) is 62.3 Å². The monoisotopic (exact) mass is 494 g/mol. The summed E-state index contributed by atoms with van der Waals surface area (Å²) < 4.78 is 23.3. The van der Waals surface area contributed by atoms with Crippen molar-refractivity contribution in [1.29, 1.82) is 0 Å². The molecule has 10 heteroatoms. The Kier molecular flexibility index (Phi) is 9.13. The number of anilines is 1. The van der Waals surface area contributed by atoms with Gasteiger partial charge in [-0.25, -0.2) is 14.0 Å². The number of benzene rings is 1. The molecule has 1 aliphatic rings. The summed E-state index contributed by atoms with van der Waals surface area (Å²) in [6.45, 7) is 4.77. The summed E-state index contributed by atoms with van der Waals surface area (Å²) in [4.78, 5) is 40.7. The van der Waals surface area contributed by atoms with Crippen molar-refractivity contribution in [3.05, 3.63) is 46.1 Å². The van der Waals surface area contributed by atoms with Crippen LogP contribution in [0.2, 0.25) is 0 Å². The number of rotatable bonds is 9. The van der Waals surface area contributed by atoms with Gasteiger partial charge in [0.15, 0.2) is 0 Å². The molecular weight excluding hydrogens is 467 g/mol. The Morgan fingerprint density at radius 1 is 1.15 bits per heavy atom. The lowest BCUT2D eigenvalue weighted by atomic mass is 10.0. The molecule has 3 rings (SSSR count). The van der Waals surface area contributed by atoms with Crippen molar-refractivity contribution in [3.63, 3.8) is 0 Å². The van der Waals surface area contributed by atoms with E-state index in [0.29, 0.717) is 48.9 Å². The summed E-state index contributed by atoms with van der Waals surface area (Å²) in [6.07, 6.45) is 1.01. The molecule has 0 aliphatic carbocycles. The summed E-state index contributed by atoms with van der Waals surface area (Å²) in [5.41, 5.74) is 1.20. The van der Waals surface area contributed by atoms with Crippen molar-refractivity contribution >= 4 is 46.1 Å². The lowest BCUT2D eigenvalue weighted by molar-refractivity contribution is -0.116. The van der Waals surface area contributed by atoms with Crippen LogP contribution in [0.5, 0.6) is 0 Å². The Balaban J connectivity index is 1.63. The van der Waals surface area contributed by atoms with Gasteiger partial charge < -0.3 is 19.7 Å². The second-order valence-corrected chi connectivity index (χ2v) is 9.53.